The third-order valence-corrected chi connectivity index (χ3v) is 4.90. The van der Waals surface area contributed by atoms with Crippen molar-refractivity contribution in [2.75, 3.05) is 23.7 Å². The maximum Gasteiger partial charge on any atom is 0.393 e. The van der Waals surface area contributed by atoms with E-state index < -0.39 is 12.1 Å². The molecule has 1 saturated heterocycles. The van der Waals surface area contributed by atoms with Gasteiger partial charge in [-0.15, -0.1) is 11.3 Å². The summed E-state index contributed by atoms with van der Waals surface area (Å²) in [6.45, 7) is 1.55. The molecule has 0 amide bonds. The first-order valence-corrected chi connectivity index (χ1v) is 7.22. The SMILES string of the molecule is CC(=O)c1sc(N2CCCC(C(F)(F)F)C2)c(C#N)c1N. The lowest BCUT2D eigenvalue weighted by Crippen LogP contribution is -2.41. The topological polar surface area (TPSA) is 70.1 Å². The molecule has 0 aliphatic carbocycles. The zero-order valence-electron chi connectivity index (χ0n) is 11.3. The van der Waals surface area contributed by atoms with Gasteiger partial charge in [-0.1, -0.05) is 0 Å². The number of piperidine rings is 1. The van der Waals surface area contributed by atoms with Crippen molar-refractivity contribution in [3.8, 4) is 6.07 Å². The highest BCUT2D eigenvalue weighted by molar-refractivity contribution is 7.19. The molecular weight excluding hydrogens is 303 g/mol. The Bertz CT molecular complexity index is 603. The van der Waals surface area contributed by atoms with Crippen LogP contribution in [0, 0.1) is 17.2 Å². The molecule has 21 heavy (non-hydrogen) atoms. The van der Waals surface area contributed by atoms with Gasteiger partial charge in [0.25, 0.3) is 0 Å². The second-order valence-corrected chi connectivity index (χ2v) is 6.02. The van der Waals surface area contributed by atoms with Gasteiger partial charge in [-0.2, -0.15) is 18.4 Å². The van der Waals surface area contributed by atoms with Crippen LogP contribution in [0.4, 0.5) is 23.9 Å². The minimum Gasteiger partial charge on any atom is -0.396 e. The number of carbonyl (C=O) groups is 1. The molecule has 0 radical (unpaired) electrons. The summed E-state index contributed by atoms with van der Waals surface area (Å²) in [4.78, 5) is 13.2. The van der Waals surface area contributed by atoms with Crippen molar-refractivity contribution in [1.29, 1.82) is 5.26 Å². The van der Waals surface area contributed by atoms with E-state index in [9.17, 15) is 18.0 Å². The molecule has 1 aromatic rings. The third-order valence-electron chi connectivity index (χ3n) is 3.53. The number of rotatable bonds is 2. The van der Waals surface area contributed by atoms with E-state index in [1.807, 2.05) is 6.07 Å². The zero-order chi connectivity index (χ0) is 15.8. The number of thiophene rings is 1. The highest BCUT2D eigenvalue weighted by Gasteiger charge is 2.42. The Morgan fingerprint density at radius 2 is 2.19 bits per heavy atom. The fraction of sp³-hybridized carbons (Fsp3) is 0.538. The van der Waals surface area contributed by atoms with Gasteiger partial charge in [-0.3, -0.25) is 4.79 Å². The number of halogens is 3. The highest BCUT2D eigenvalue weighted by atomic mass is 32.1. The van der Waals surface area contributed by atoms with Crippen molar-refractivity contribution < 1.29 is 18.0 Å². The molecule has 0 bridgehead atoms. The lowest BCUT2D eigenvalue weighted by molar-refractivity contribution is -0.175. The second-order valence-electron chi connectivity index (χ2n) is 5.02. The summed E-state index contributed by atoms with van der Waals surface area (Å²) in [6.07, 6.45) is -3.78. The van der Waals surface area contributed by atoms with Gasteiger partial charge in [0.1, 0.15) is 16.6 Å². The van der Waals surface area contributed by atoms with Gasteiger partial charge >= 0.3 is 6.18 Å². The Morgan fingerprint density at radius 3 is 2.71 bits per heavy atom. The monoisotopic (exact) mass is 317 g/mol. The van der Waals surface area contributed by atoms with Crippen molar-refractivity contribution in [1.82, 2.24) is 0 Å². The van der Waals surface area contributed by atoms with Crippen molar-refractivity contribution >= 4 is 27.8 Å². The summed E-state index contributed by atoms with van der Waals surface area (Å²) < 4.78 is 38.6. The zero-order valence-corrected chi connectivity index (χ0v) is 12.1. The number of hydrogen-bond donors (Lipinski definition) is 1. The van der Waals surface area contributed by atoms with Gasteiger partial charge in [-0.05, 0) is 12.8 Å². The van der Waals surface area contributed by atoms with Crippen LogP contribution in [0.3, 0.4) is 0 Å². The number of nitriles is 1. The Balaban J connectivity index is 2.36. The molecular formula is C13H14F3N3OS. The van der Waals surface area contributed by atoms with Crippen LogP contribution < -0.4 is 10.6 Å². The number of alkyl halides is 3. The van der Waals surface area contributed by atoms with Crippen LogP contribution >= 0.6 is 11.3 Å². The standard InChI is InChI=1S/C13H14F3N3OS/c1-7(20)11-10(18)9(5-17)12(21-11)19-4-2-3-8(6-19)13(14,15)16/h8H,2-4,6,18H2,1H3. The molecule has 0 aromatic carbocycles. The van der Waals surface area contributed by atoms with Crippen LogP contribution in [-0.2, 0) is 0 Å². The van der Waals surface area contributed by atoms with Crippen LogP contribution in [0.25, 0.3) is 0 Å². The van der Waals surface area contributed by atoms with Gasteiger partial charge in [0.2, 0.25) is 0 Å². The molecule has 114 valence electrons. The number of nitrogens with zero attached hydrogens (tertiary/aromatic N) is 2. The molecule has 1 atom stereocenters. The minimum absolute atomic E-state index is 0.0686. The van der Waals surface area contributed by atoms with Gasteiger partial charge in [0.05, 0.1) is 16.5 Å². The summed E-state index contributed by atoms with van der Waals surface area (Å²) >= 11 is 1.000. The molecule has 2 rings (SSSR count). The predicted molar refractivity (Wildman–Crippen MR) is 74.4 cm³/mol. The lowest BCUT2D eigenvalue weighted by atomic mass is 9.97. The normalized spacial score (nSPS) is 19.4. The number of ketones is 1. The summed E-state index contributed by atoms with van der Waals surface area (Å²) in [7, 11) is 0. The number of nitrogen functional groups attached to an aromatic ring is 1. The molecule has 1 aliphatic rings. The van der Waals surface area contributed by atoms with Crippen molar-refractivity contribution in [3.63, 3.8) is 0 Å². The summed E-state index contributed by atoms with van der Waals surface area (Å²) in [5.74, 6) is -1.70. The van der Waals surface area contributed by atoms with Gasteiger partial charge in [-0.25, -0.2) is 0 Å². The average Bonchev–Trinajstić information content (AvgIpc) is 2.75. The van der Waals surface area contributed by atoms with E-state index in [0.717, 1.165) is 11.3 Å². The summed E-state index contributed by atoms with van der Waals surface area (Å²) in [5, 5.41) is 9.54. The van der Waals surface area contributed by atoms with Crippen LogP contribution in [0.5, 0.6) is 0 Å². The number of carbonyl (C=O) groups excluding carboxylic acids is 1. The molecule has 0 spiro atoms. The first-order chi connectivity index (χ1) is 9.75. The van der Waals surface area contributed by atoms with E-state index in [-0.39, 0.29) is 34.9 Å². The highest BCUT2D eigenvalue weighted by Crippen LogP contribution is 2.41. The summed E-state index contributed by atoms with van der Waals surface area (Å²) in [6, 6.07) is 1.90. The second kappa shape index (κ2) is 5.56. The number of anilines is 2. The number of hydrogen-bond acceptors (Lipinski definition) is 5. The van der Waals surface area contributed by atoms with Crippen LogP contribution in [-0.4, -0.2) is 25.0 Å². The predicted octanol–water partition coefficient (Wildman–Crippen LogP) is 3.18. The Kier molecular flexibility index (Phi) is 4.14. The third kappa shape index (κ3) is 2.97. The first kappa shape index (κ1) is 15.6. The minimum atomic E-state index is -4.25. The fourth-order valence-electron chi connectivity index (χ4n) is 2.45. The van der Waals surface area contributed by atoms with Crippen molar-refractivity contribution in [3.05, 3.63) is 10.4 Å². The molecule has 2 heterocycles. The maximum absolute atomic E-state index is 12.9. The molecule has 1 aromatic heterocycles. The fourth-order valence-corrected chi connectivity index (χ4v) is 3.55. The van der Waals surface area contributed by atoms with Crippen LogP contribution in [0.15, 0.2) is 0 Å². The van der Waals surface area contributed by atoms with E-state index >= 15 is 0 Å². The largest absolute Gasteiger partial charge is 0.396 e. The molecule has 4 nitrogen and oxygen atoms in total. The lowest BCUT2D eigenvalue weighted by Gasteiger charge is -2.34. The average molecular weight is 317 g/mol. The molecule has 1 fully saturated rings. The Morgan fingerprint density at radius 1 is 1.52 bits per heavy atom. The quantitative estimate of drug-likeness (QED) is 0.851. The smallest absolute Gasteiger partial charge is 0.393 e. The molecule has 2 N–H and O–H groups in total. The maximum atomic E-state index is 12.9. The van der Waals surface area contributed by atoms with Crippen molar-refractivity contribution in [2.24, 2.45) is 5.92 Å². The van der Waals surface area contributed by atoms with Gasteiger partial charge in [0, 0.05) is 20.0 Å². The Hall–Kier alpha value is -1.75. The van der Waals surface area contributed by atoms with Gasteiger partial charge < -0.3 is 10.6 Å². The van der Waals surface area contributed by atoms with Crippen LogP contribution in [0.2, 0.25) is 0 Å². The van der Waals surface area contributed by atoms with E-state index in [1.54, 1.807) is 0 Å². The summed E-state index contributed by atoms with van der Waals surface area (Å²) in [5.41, 5.74) is 5.93. The number of nitrogens with two attached hydrogens (primary N) is 1. The molecule has 1 unspecified atom stereocenters. The van der Waals surface area contributed by atoms with E-state index in [0.29, 0.717) is 18.0 Å². The number of Topliss-reactive ketones (excluding diaryl/α,β-unsaturated/α-hetero) is 1. The van der Waals surface area contributed by atoms with Gasteiger partial charge in [0.15, 0.2) is 5.78 Å². The van der Waals surface area contributed by atoms with E-state index in [1.165, 1.54) is 11.8 Å². The van der Waals surface area contributed by atoms with E-state index in [2.05, 4.69) is 0 Å². The molecule has 1 aliphatic heterocycles. The molecule has 0 saturated carbocycles. The Labute approximate surface area is 124 Å². The van der Waals surface area contributed by atoms with Crippen molar-refractivity contribution in [2.45, 2.75) is 25.9 Å². The van der Waals surface area contributed by atoms with E-state index in [4.69, 9.17) is 11.0 Å². The van der Waals surface area contributed by atoms with Crippen LogP contribution in [0.1, 0.15) is 35.0 Å². The first-order valence-electron chi connectivity index (χ1n) is 6.40. The molecule has 8 heteroatoms.